The van der Waals surface area contributed by atoms with E-state index >= 15 is 0 Å². The van der Waals surface area contributed by atoms with Gasteiger partial charge in [-0.3, -0.25) is 0 Å². The predicted molar refractivity (Wildman–Crippen MR) is 59.5 cm³/mol. The summed E-state index contributed by atoms with van der Waals surface area (Å²) >= 11 is 3.14. The number of nitrogens with zero attached hydrogens (tertiary/aromatic N) is 1. The Kier molecular flexibility index (Phi) is 3.02. The van der Waals surface area contributed by atoms with Crippen molar-refractivity contribution in [3.05, 3.63) is 40.3 Å². The van der Waals surface area contributed by atoms with E-state index in [9.17, 15) is 8.78 Å². The maximum absolute atomic E-state index is 13.5. The molecule has 2 rings (SSSR count). The van der Waals surface area contributed by atoms with Gasteiger partial charge in [-0.25, -0.2) is 13.8 Å². The number of aromatic nitrogens is 2. The molecule has 0 saturated heterocycles. The Bertz CT molecular complexity index is 525. The van der Waals surface area contributed by atoms with Crippen LogP contribution in [0.2, 0.25) is 0 Å². The van der Waals surface area contributed by atoms with E-state index in [1.165, 1.54) is 12.1 Å². The lowest BCUT2D eigenvalue weighted by Crippen LogP contribution is -1.99. The molecule has 16 heavy (non-hydrogen) atoms. The molecule has 1 aromatic carbocycles. The van der Waals surface area contributed by atoms with Crippen molar-refractivity contribution in [1.82, 2.24) is 9.97 Å². The highest BCUT2D eigenvalue weighted by Gasteiger charge is 2.14. The molecular weight excluding hydrogens is 280 g/mol. The van der Waals surface area contributed by atoms with Gasteiger partial charge in [0, 0.05) is 18.2 Å². The zero-order chi connectivity index (χ0) is 11.7. The van der Waals surface area contributed by atoms with Crippen LogP contribution in [0.3, 0.4) is 0 Å². The van der Waals surface area contributed by atoms with E-state index in [0.717, 1.165) is 6.07 Å². The van der Waals surface area contributed by atoms with Crippen molar-refractivity contribution in [1.29, 1.82) is 0 Å². The fourth-order valence-electron chi connectivity index (χ4n) is 1.43. The number of nitrogens with two attached hydrogens (primary N) is 1. The van der Waals surface area contributed by atoms with Gasteiger partial charge in [-0.1, -0.05) is 0 Å². The summed E-state index contributed by atoms with van der Waals surface area (Å²) in [6, 6.07) is 3.34. The van der Waals surface area contributed by atoms with E-state index in [0.29, 0.717) is 16.1 Å². The SMILES string of the molecule is NCc1[nH]c(Br)nc1-c1ccc(F)cc1F. The smallest absolute Gasteiger partial charge is 0.175 e. The first kappa shape index (κ1) is 11.2. The van der Waals surface area contributed by atoms with Gasteiger partial charge >= 0.3 is 0 Å². The fourth-order valence-corrected chi connectivity index (χ4v) is 1.85. The molecule has 0 aliphatic heterocycles. The van der Waals surface area contributed by atoms with Crippen molar-refractivity contribution in [2.75, 3.05) is 0 Å². The van der Waals surface area contributed by atoms with Gasteiger partial charge in [0.2, 0.25) is 0 Å². The Balaban J connectivity index is 2.57. The normalized spacial score (nSPS) is 10.8. The van der Waals surface area contributed by atoms with Gasteiger partial charge in [0.1, 0.15) is 11.6 Å². The number of halogens is 3. The Hall–Kier alpha value is -1.27. The largest absolute Gasteiger partial charge is 0.335 e. The standard InChI is InChI=1S/C10H8BrF2N3/c11-10-15-8(4-14)9(16-10)6-2-1-5(12)3-7(6)13/h1-3H,4,14H2,(H,15,16). The topological polar surface area (TPSA) is 54.7 Å². The van der Waals surface area contributed by atoms with E-state index in [1.54, 1.807) is 0 Å². The number of benzene rings is 1. The summed E-state index contributed by atoms with van der Waals surface area (Å²) in [5.74, 6) is -1.28. The lowest BCUT2D eigenvalue weighted by Gasteiger charge is -2.02. The average molecular weight is 288 g/mol. The molecule has 0 bridgehead atoms. The minimum atomic E-state index is -0.659. The number of hydrogen-bond donors (Lipinski definition) is 2. The van der Waals surface area contributed by atoms with Crippen LogP contribution in [0.4, 0.5) is 8.78 Å². The van der Waals surface area contributed by atoms with Gasteiger partial charge < -0.3 is 10.7 Å². The number of H-pyrrole nitrogens is 1. The molecule has 6 heteroatoms. The van der Waals surface area contributed by atoms with Crippen LogP contribution in [0, 0.1) is 11.6 Å². The van der Waals surface area contributed by atoms with Gasteiger partial charge in [0.25, 0.3) is 0 Å². The molecule has 0 atom stereocenters. The molecule has 0 radical (unpaired) electrons. The monoisotopic (exact) mass is 287 g/mol. The highest BCUT2D eigenvalue weighted by Crippen LogP contribution is 2.26. The summed E-state index contributed by atoms with van der Waals surface area (Å²) in [5.41, 5.74) is 6.71. The van der Waals surface area contributed by atoms with Crippen LogP contribution < -0.4 is 5.73 Å². The molecule has 0 spiro atoms. The Morgan fingerprint density at radius 3 is 2.75 bits per heavy atom. The lowest BCUT2D eigenvalue weighted by atomic mass is 10.1. The second-order valence-corrected chi connectivity index (χ2v) is 3.93. The second-order valence-electron chi connectivity index (χ2n) is 3.18. The molecule has 0 saturated carbocycles. The van der Waals surface area contributed by atoms with E-state index in [-0.39, 0.29) is 12.1 Å². The molecule has 3 N–H and O–H groups in total. The molecule has 1 aromatic heterocycles. The minimum absolute atomic E-state index is 0.199. The lowest BCUT2D eigenvalue weighted by molar-refractivity contribution is 0.585. The zero-order valence-corrected chi connectivity index (χ0v) is 9.68. The highest BCUT2D eigenvalue weighted by atomic mass is 79.9. The summed E-state index contributed by atoms with van der Waals surface area (Å²) in [5, 5.41) is 0. The number of rotatable bonds is 2. The van der Waals surface area contributed by atoms with Crippen LogP contribution in [0.15, 0.2) is 22.9 Å². The predicted octanol–water partition coefficient (Wildman–Crippen LogP) is 2.58. The summed E-state index contributed by atoms with van der Waals surface area (Å²) < 4.78 is 26.7. The van der Waals surface area contributed by atoms with Crippen molar-refractivity contribution in [2.45, 2.75) is 6.54 Å². The minimum Gasteiger partial charge on any atom is -0.335 e. The van der Waals surface area contributed by atoms with E-state index < -0.39 is 11.6 Å². The molecular formula is C10H8BrF2N3. The van der Waals surface area contributed by atoms with Gasteiger partial charge in [-0.2, -0.15) is 0 Å². The van der Waals surface area contributed by atoms with E-state index in [2.05, 4.69) is 25.9 Å². The Morgan fingerprint density at radius 1 is 1.38 bits per heavy atom. The van der Waals surface area contributed by atoms with Gasteiger partial charge in [0.15, 0.2) is 4.73 Å². The molecule has 0 unspecified atom stereocenters. The Morgan fingerprint density at radius 2 is 2.12 bits per heavy atom. The third-order valence-corrected chi connectivity index (χ3v) is 2.52. The summed E-state index contributed by atoms with van der Waals surface area (Å²) in [6.07, 6.45) is 0. The molecule has 1 heterocycles. The molecule has 0 fully saturated rings. The first-order valence-corrected chi connectivity index (χ1v) is 5.31. The molecule has 0 aliphatic rings. The number of hydrogen-bond acceptors (Lipinski definition) is 2. The van der Waals surface area contributed by atoms with Crippen molar-refractivity contribution in [2.24, 2.45) is 5.73 Å². The summed E-state index contributed by atoms with van der Waals surface area (Å²) in [7, 11) is 0. The number of nitrogens with one attached hydrogen (secondary N) is 1. The third-order valence-electron chi connectivity index (χ3n) is 2.14. The van der Waals surface area contributed by atoms with E-state index in [1.807, 2.05) is 0 Å². The van der Waals surface area contributed by atoms with Crippen molar-refractivity contribution >= 4 is 15.9 Å². The average Bonchev–Trinajstić information content (AvgIpc) is 2.59. The maximum atomic E-state index is 13.5. The number of imidazole rings is 1. The van der Waals surface area contributed by atoms with Crippen LogP contribution >= 0.6 is 15.9 Å². The second kappa shape index (κ2) is 4.31. The molecule has 0 aliphatic carbocycles. The molecule has 2 aromatic rings. The zero-order valence-electron chi connectivity index (χ0n) is 8.10. The van der Waals surface area contributed by atoms with E-state index in [4.69, 9.17) is 5.73 Å². The summed E-state index contributed by atoms with van der Waals surface area (Å²) in [4.78, 5) is 6.92. The molecule has 3 nitrogen and oxygen atoms in total. The van der Waals surface area contributed by atoms with Gasteiger partial charge in [-0.15, -0.1) is 0 Å². The third kappa shape index (κ3) is 1.98. The molecule has 0 amide bonds. The van der Waals surface area contributed by atoms with Crippen molar-refractivity contribution in [3.63, 3.8) is 0 Å². The van der Waals surface area contributed by atoms with Crippen LogP contribution in [0.25, 0.3) is 11.3 Å². The van der Waals surface area contributed by atoms with Crippen LogP contribution in [0.1, 0.15) is 5.69 Å². The van der Waals surface area contributed by atoms with Gasteiger partial charge in [-0.05, 0) is 28.1 Å². The summed E-state index contributed by atoms with van der Waals surface area (Å²) in [6.45, 7) is 0.199. The first-order chi connectivity index (χ1) is 7.61. The number of aromatic amines is 1. The highest BCUT2D eigenvalue weighted by molar-refractivity contribution is 9.10. The van der Waals surface area contributed by atoms with Crippen LogP contribution in [-0.4, -0.2) is 9.97 Å². The van der Waals surface area contributed by atoms with Crippen molar-refractivity contribution in [3.8, 4) is 11.3 Å². The van der Waals surface area contributed by atoms with Crippen LogP contribution in [-0.2, 0) is 6.54 Å². The maximum Gasteiger partial charge on any atom is 0.175 e. The quantitative estimate of drug-likeness (QED) is 0.892. The van der Waals surface area contributed by atoms with Crippen LogP contribution in [0.5, 0.6) is 0 Å². The Labute approximate surface area is 98.8 Å². The van der Waals surface area contributed by atoms with Gasteiger partial charge in [0.05, 0.1) is 11.4 Å². The fraction of sp³-hybridized carbons (Fsp3) is 0.100. The first-order valence-electron chi connectivity index (χ1n) is 4.51. The van der Waals surface area contributed by atoms with Crippen molar-refractivity contribution < 1.29 is 8.78 Å². The molecule has 84 valence electrons.